The largest absolute Gasteiger partial charge is 0.381 e. The number of anilines is 1. The molecule has 96 valence electrons. The first-order valence-corrected chi connectivity index (χ1v) is 6.15. The maximum atomic E-state index is 13.4. The molecule has 0 amide bonds. The molecule has 18 heavy (non-hydrogen) atoms. The molecule has 1 aromatic carbocycles. The summed E-state index contributed by atoms with van der Waals surface area (Å²) in [7, 11) is 0. The Kier molecular flexibility index (Phi) is 3.87. The van der Waals surface area contributed by atoms with Crippen molar-refractivity contribution in [2.75, 3.05) is 11.9 Å². The van der Waals surface area contributed by atoms with Crippen LogP contribution in [0.5, 0.6) is 0 Å². The highest BCUT2D eigenvalue weighted by Crippen LogP contribution is 2.18. The fourth-order valence-electron chi connectivity index (χ4n) is 1.79. The summed E-state index contributed by atoms with van der Waals surface area (Å²) in [5, 5.41) is 8.05. The molecule has 0 atom stereocenters. The maximum Gasteiger partial charge on any atom is 0.146 e. The molecular weight excluding hydrogens is 253 g/mol. The van der Waals surface area contributed by atoms with Crippen LogP contribution in [-0.4, -0.2) is 16.3 Å². The smallest absolute Gasteiger partial charge is 0.146 e. The zero-order chi connectivity index (χ0) is 13.1. The first-order chi connectivity index (χ1) is 8.59. The van der Waals surface area contributed by atoms with Crippen molar-refractivity contribution >= 4 is 17.3 Å². The zero-order valence-electron chi connectivity index (χ0n) is 10.4. The van der Waals surface area contributed by atoms with E-state index in [0.717, 1.165) is 11.4 Å². The highest BCUT2D eigenvalue weighted by molar-refractivity contribution is 6.31. The number of benzene rings is 1. The van der Waals surface area contributed by atoms with Crippen LogP contribution >= 0.6 is 11.6 Å². The molecule has 2 aromatic rings. The van der Waals surface area contributed by atoms with Crippen LogP contribution < -0.4 is 5.32 Å². The second-order valence-corrected chi connectivity index (χ2v) is 4.49. The number of para-hydroxylation sites is 1. The Labute approximate surface area is 111 Å². The number of hydrogen-bond donors (Lipinski definition) is 1. The molecule has 0 aliphatic carbocycles. The van der Waals surface area contributed by atoms with Gasteiger partial charge in [0.05, 0.1) is 28.6 Å². The number of hydrogen-bond acceptors (Lipinski definition) is 2. The van der Waals surface area contributed by atoms with Gasteiger partial charge in [-0.3, -0.25) is 4.68 Å². The first-order valence-electron chi connectivity index (χ1n) is 5.77. The minimum Gasteiger partial charge on any atom is -0.381 e. The molecule has 3 nitrogen and oxygen atoms in total. The number of nitrogens with zero attached hydrogens (tertiary/aromatic N) is 2. The molecule has 5 heteroatoms. The molecule has 0 radical (unpaired) electrons. The SMILES string of the molecule is Cc1nn(CCNc2ccccc2F)c(C)c1Cl. The van der Waals surface area contributed by atoms with E-state index in [2.05, 4.69) is 10.4 Å². The second-order valence-electron chi connectivity index (χ2n) is 4.11. The summed E-state index contributed by atoms with van der Waals surface area (Å²) >= 11 is 6.06. The summed E-state index contributed by atoms with van der Waals surface area (Å²) in [5.74, 6) is -0.246. The predicted octanol–water partition coefficient (Wildman–Crippen LogP) is 3.40. The summed E-state index contributed by atoms with van der Waals surface area (Å²) in [6, 6.07) is 6.61. The standard InChI is InChI=1S/C13H15ClFN3/c1-9-13(14)10(2)18(17-9)8-7-16-12-6-4-3-5-11(12)15/h3-6,16H,7-8H2,1-2H3. The molecule has 0 aliphatic heterocycles. The van der Waals surface area contributed by atoms with Crippen LogP contribution in [-0.2, 0) is 6.54 Å². The molecule has 1 heterocycles. The molecule has 0 saturated carbocycles. The summed E-state index contributed by atoms with van der Waals surface area (Å²) in [5.41, 5.74) is 2.26. The van der Waals surface area contributed by atoms with Gasteiger partial charge in [0.1, 0.15) is 5.82 Å². The van der Waals surface area contributed by atoms with Crippen LogP contribution in [0.25, 0.3) is 0 Å². The number of nitrogens with one attached hydrogen (secondary N) is 1. The fourth-order valence-corrected chi connectivity index (χ4v) is 1.93. The van der Waals surface area contributed by atoms with E-state index < -0.39 is 0 Å². The van der Waals surface area contributed by atoms with Gasteiger partial charge in [-0.15, -0.1) is 0 Å². The van der Waals surface area contributed by atoms with Gasteiger partial charge in [-0.25, -0.2) is 4.39 Å². The van der Waals surface area contributed by atoms with Gasteiger partial charge in [0.25, 0.3) is 0 Å². The molecule has 0 fully saturated rings. The lowest BCUT2D eigenvalue weighted by Gasteiger charge is -2.08. The summed E-state index contributed by atoms with van der Waals surface area (Å²) < 4.78 is 15.2. The maximum absolute atomic E-state index is 13.4. The lowest BCUT2D eigenvalue weighted by molar-refractivity contribution is 0.606. The third-order valence-electron chi connectivity index (χ3n) is 2.81. The van der Waals surface area contributed by atoms with E-state index in [1.54, 1.807) is 18.2 Å². The van der Waals surface area contributed by atoms with Gasteiger partial charge in [0, 0.05) is 6.54 Å². The summed E-state index contributed by atoms with van der Waals surface area (Å²) in [4.78, 5) is 0. The Morgan fingerprint density at radius 1 is 1.33 bits per heavy atom. The quantitative estimate of drug-likeness (QED) is 0.920. The van der Waals surface area contributed by atoms with Gasteiger partial charge < -0.3 is 5.32 Å². The van der Waals surface area contributed by atoms with E-state index in [1.165, 1.54) is 6.07 Å². The molecule has 0 bridgehead atoms. The van der Waals surface area contributed by atoms with Crippen LogP contribution in [0.4, 0.5) is 10.1 Å². The highest BCUT2D eigenvalue weighted by Gasteiger charge is 2.08. The molecular formula is C13H15ClFN3. The molecule has 0 aliphatic rings. The highest BCUT2D eigenvalue weighted by atomic mass is 35.5. The van der Waals surface area contributed by atoms with Gasteiger partial charge in [-0.05, 0) is 26.0 Å². The van der Waals surface area contributed by atoms with Crippen molar-refractivity contribution in [3.63, 3.8) is 0 Å². The zero-order valence-corrected chi connectivity index (χ0v) is 11.1. The monoisotopic (exact) mass is 267 g/mol. The number of halogens is 2. The summed E-state index contributed by atoms with van der Waals surface area (Å²) in [6.07, 6.45) is 0. The van der Waals surface area contributed by atoms with Crippen molar-refractivity contribution in [1.82, 2.24) is 9.78 Å². The Bertz CT molecular complexity index is 551. The third-order valence-corrected chi connectivity index (χ3v) is 3.35. The Balaban J connectivity index is 1.97. The number of aromatic nitrogens is 2. The average Bonchev–Trinajstić information content (AvgIpc) is 2.60. The van der Waals surface area contributed by atoms with E-state index in [-0.39, 0.29) is 5.82 Å². The van der Waals surface area contributed by atoms with E-state index in [0.29, 0.717) is 23.8 Å². The van der Waals surface area contributed by atoms with Gasteiger partial charge in [-0.1, -0.05) is 23.7 Å². The third kappa shape index (κ3) is 2.64. The van der Waals surface area contributed by atoms with Crippen molar-refractivity contribution < 1.29 is 4.39 Å². The van der Waals surface area contributed by atoms with Gasteiger partial charge in [0.2, 0.25) is 0 Å². The fraction of sp³-hybridized carbons (Fsp3) is 0.308. The van der Waals surface area contributed by atoms with Crippen LogP contribution in [0.1, 0.15) is 11.4 Å². The van der Waals surface area contributed by atoms with Crippen molar-refractivity contribution in [2.24, 2.45) is 0 Å². The molecule has 2 rings (SSSR count). The number of rotatable bonds is 4. The normalized spacial score (nSPS) is 10.7. The van der Waals surface area contributed by atoms with Crippen LogP contribution in [0, 0.1) is 19.7 Å². The molecule has 0 spiro atoms. The van der Waals surface area contributed by atoms with Gasteiger partial charge in [-0.2, -0.15) is 5.10 Å². The van der Waals surface area contributed by atoms with Crippen LogP contribution in [0.2, 0.25) is 5.02 Å². The van der Waals surface area contributed by atoms with Gasteiger partial charge >= 0.3 is 0 Å². The minimum absolute atomic E-state index is 0.246. The Hall–Kier alpha value is -1.55. The molecule has 0 unspecified atom stereocenters. The van der Waals surface area contributed by atoms with Crippen molar-refractivity contribution in [3.8, 4) is 0 Å². The Morgan fingerprint density at radius 3 is 2.67 bits per heavy atom. The van der Waals surface area contributed by atoms with Crippen LogP contribution in [0.3, 0.4) is 0 Å². The predicted molar refractivity (Wildman–Crippen MR) is 71.6 cm³/mol. The van der Waals surface area contributed by atoms with Crippen molar-refractivity contribution in [1.29, 1.82) is 0 Å². The lowest BCUT2D eigenvalue weighted by Crippen LogP contribution is -2.13. The second kappa shape index (κ2) is 5.40. The van der Waals surface area contributed by atoms with E-state index in [4.69, 9.17) is 11.6 Å². The van der Waals surface area contributed by atoms with Crippen molar-refractivity contribution in [3.05, 3.63) is 46.5 Å². The summed E-state index contributed by atoms with van der Waals surface area (Å²) in [6.45, 7) is 5.04. The Morgan fingerprint density at radius 2 is 2.06 bits per heavy atom. The van der Waals surface area contributed by atoms with E-state index >= 15 is 0 Å². The molecule has 0 saturated heterocycles. The molecule has 1 N–H and O–H groups in total. The topological polar surface area (TPSA) is 29.9 Å². The lowest BCUT2D eigenvalue weighted by atomic mass is 10.3. The molecule has 1 aromatic heterocycles. The van der Waals surface area contributed by atoms with Gasteiger partial charge in [0.15, 0.2) is 0 Å². The van der Waals surface area contributed by atoms with E-state index in [1.807, 2.05) is 18.5 Å². The van der Waals surface area contributed by atoms with Crippen molar-refractivity contribution in [2.45, 2.75) is 20.4 Å². The minimum atomic E-state index is -0.246. The first kappa shape index (κ1) is 12.9. The average molecular weight is 268 g/mol. The number of aryl methyl sites for hydroxylation is 1. The van der Waals surface area contributed by atoms with Crippen LogP contribution in [0.15, 0.2) is 24.3 Å². The van der Waals surface area contributed by atoms with E-state index in [9.17, 15) is 4.39 Å².